The second kappa shape index (κ2) is 4.85. The minimum atomic E-state index is 0.203. The van der Waals surface area contributed by atoms with Crippen molar-refractivity contribution in [2.75, 3.05) is 5.32 Å². The zero-order valence-corrected chi connectivity index (χ0v) is 11.6. The van der Waals surface area contributed by atoms with Gasteiger partial charge in [0.25, 0.3) is 0 Å². The number of hydrogen-bond donors (Lipinski definition) is 2. The Balaban J connectivity index is 1.84. The number of fused-ring (bicyclic) bond motifs is 1. The van der Waals surface area contributed by atoms with Crippen LogP contribution in [0, 0.1) is 0 Å². The van der Waals surface area contributed by atoms with Crippen molar-refractivity contribution in [2.24, 2.45) is 5.73 Å². The summed E-state index contributed by atoms with van der Waals surface area (Å²) in [5.74, 6) is 0.657. The van der Waals surface area contributed by atoms with Gasteiger partial charge in [-0.25, -0.2) is 4.52 Å². The first-order valence-electron chi connectivity index (χ1n) is 6.27. The van der Waals surface area contributed by atoms with Crippen LogP contribution in [0.25, 0.3) is 5.65 Å². The van der Waals surface area contributed by atoms with Crippen LogP contribution in [0.3, 0.4) is 0 Å². The van der Waals surface area contributed by atoms with Gasteiger partial charge in [0.1, 0.15) is 0 Å². The molecule has 96 valence electrons. The molecule has 1 aliphatic rings. The molecule has 0 bridgehead atoms. The summed E-state index contributed by atoms with van der Waals surface area (Å²) in [6.07, 6.45) is 6.51. The minimum absolute atomic E-state index is 0.203. The number of rotatable bonds is 2. The number of halogens is 1. The highest BCUT2D eigenvalue weighted by Crippen LogP contribution is 2.21. The molecule has 2 heterocycles. The Hall–Kier alpha value is -1.14. The molecule has 0 unspecified atom stereocenters. The van der Waals surface area contributed by atoms with Gasteiger partial charge in [0, 0.05) is 18.3 Å². The van der Waals surface area contributed by atoms with E-state index in [2.05, 4.69) is 31.3 Å². The first kappa shape index (κ1) is 11.9. The van der Waals surface area contributed by atoms with Crippen LogP contribution in [0.1, 0.15) is 25.7 Å². The summed E-state index contributed by atoms with van der Waals surface area (Å²) in [6.45, 7) is 0. The number of aromatic nitrogens is 3. The summed E-state index contributed by atoms with van der Waals surface area (Å²) in [5.41, 5.74) is 6.94. The molecule has 0 radical (unpaired) electrons. The van der Waals surface area contributed by atoms with Crippen molar-refractivity contribution in [3.63, 3.8) is 0 Å². The van der Waals surface area contributed by atoms with Gasteiger partial charge >= 0.3 is 0 Å². The van der Waals surface area contributed by atoms with Crippen molar-refractivity contribution < 1.29 is 0 Å². The Morgan fingerprint density at radius 2 is 2.22 bits per heavy atom. The van der Waals surface area contributed by atoms with Crippen molar-refractivity contribution in [3.05, 3.63) is 22.8 Å². The smallest absolute Gasteiger partial charge is 0.243 e. The van der Waals surface area contributed by atoms with Crippen molar-refractivity contribution in [1.29, 1.82) is 0 Å². The van der Waals surface area contributed by atoms with Crippen molar-refractivity contribution in [2.45, 2.75) is 37.8 Å². The summed E-state index contributed by atoms with van der Waals surface area (Å²) < 4.78 is 2.71. The van der Waals surface area contributed by atoms with E-state index in [4.69, 9.17) is 5.73 Å². The maximum absolute atomic E-state index is 6.12. The van der Waals surface area contributed by atoms with Crippen LogP contribution in [0.2, 0.25) is 0 Å². The lowest BCUT2D eigenvalue weighted by Crippen LogP contribution is -2.42. The normalized spacial score (nSPS) is 24.3. The summed E-state index contributed by atoms with van der Waals surface area (Å²) in [5, 5.41) is 7.77. The van der Waals surface area contributed by atoms with Crippen molar-refractivity contribution in [1.82, 2.24) is 14.6 Å². The molecular weight excluding hydrogens is 294 g/mol. The molecule has 0 aromatic carbocycles. The second-order valence-electron chi connectivity index (χ2n) is 4.76. The zero-order valence-electron chi connectivity index (χ0n) is 10.0. The number of nitrogens with zero attached hydrogens (tertiary/aromatic N) is 3. The first-order valence-corrected chi connectivity index (χ1v) is 7.06. The molecule has 5 nitrogen and oxygen atoms in total. The molecule has 3 N–H and O–H groups in total. The Morgan fingerprint density at radius 3 is 3.00 bits per heavy atom. The van der Waals surface area contributed by atoms with Crippen LogP contribution >= 0.6 is 15.9 Å². The molecule has 0 amide bonds. The van der Waals surface area contributed by atoms with Gasteiger partial charge in [-0.2, -0.15) is 4.98 Å². The van der Waals surface area contributed by atoms with E-state index in [-0.39, 0.29) is 12.1 Å². The van der Waals surface area contributed by atoms with Crippen LogP contribution in [0.5, 0.6) is 0 Å². The van der Waals surface area contributed by atoms with E-state index < -0.39 is 0 Å². The van der Waals surface area contributed by atoms with Crippen molar-refractivity contribution in [3.8, 4) is 0 Å². The number of pyridine rings is 1. The molecule has 2 aromatic rings. The lowest BCUT2D eigenvalue weighted by molar-refractivity contribution is 0.402. The Bertz CT molecular complexity index is 552. The second-order valence-corrected chi connectivity index (χ2v) is 5.61. The van der Waals surface area contributed by atoms with E-state index in [0.29, 0.717) is 5.95 Å². The molecule has 1 aliphatic carbocycles. The number of anilines is 1. The lowest BCUT2D eigenvalue weighted by Gasteiger charge is -2.28. The monoisotopic (exact) mass is 309 g/mol. The third kappa shape index (κ3) is 2.22. The topological polar surface area (TPSA) is 68.2 Å². The molecule has 6 heteroatoms. The average molecular weight is 310 g/mol. The third-order valence-electron chi connectivity index (χ3n) is 3.45. The minimum Gasteiger partial charge on any atom is -0.349 e. The Kier molecular flexibility index (Phi) is 3.22. The summed E-state index contributed by atoms with van der Waals surface area (Å²) in [4.78, 5) is 4.48. The van der Waals surface area contributed by atoms with Gasteiger partial charge in [-0.15, -0.1) is 5.10 Å². The van der Waals surface area contributed by atoms with Gasteiger partial charge in [0.2, 0.25) is 5.95 Å². The fourth-order valence-electron chi connectivity index (χ4n) is 2.44. The predicted molar refractivity (Wildman–Crippen MR) is 74.5 cm³/mol. The zero-order chi connectivity index (χ0) is 12.5. The lowest BCUT2D eigenvalue weighted by atomic mass is 9.91. The summed E-state index contributed by atoms with van der Waals surface area (Å²) in [7, 11) is 0. The van der Waals surface area contributed by atoms with E-state index in [0.717, 1.165) is 23.0 Å². The quantitative estimate of drug-likeness (QED) is 0.892. The van der Waals surface area contributed by atoms with E-state index in [9.17, 15) is 0 Å². The molecular formula is C12H16BrN5. The predicted octanol–water partition coefficient (Wildman–Crippen LogP) is 2.17. The molecule has 0 aliphatic heterocycles. The highest BCUT2D eigenvalue weighted by Gasteiger charge is 2.22. The molecule has 0 saturated heterocycles. The molecule has 18 heavy (non-hydrogen) atoms. The highest BCUT2D eigenvalue weighted by atomic mass is 79.9. The molecule has 3 rings (SSSR count). The van der Waals surface area contributed by atoms with Crippen LogP contribution in [0.4, 0.5) is 5.95 Å². The van der Waals surface area contributed by atoms with Gasteiger partial charge in [-0.05, 0) is 40.9 Å². The SMILES string of the molecule is N[C@@H]1CCCC[C@H]1Nc1nc2c(Br)cccn2n1. The number of hydrogen-bond acceptors (Lipinski definition) is 4. The van der Waals surface area contributed by atoms with E-state index in [1.807, 2.05) is 18.3 Å². The maximum Gasteiger partial charge on any atom is 0.243 e. The van der Waals surface area contributed by atoms with Crippen LogP contribution < -0.4 is 11.1 Å². The van der Waals surface area contributed by atoms with Gasteiger partial charge < -0.3 is 11.1 Å². The van der Waals surface area contributed by atoms with Gasteiger partial charge in [-0.3, -0.25) is 0 Å². The molecule has 1 fully saturated rings. The van der Waals surface area contributed by atoms with E-state index in [1.165, 1.54) is 12.8 Å². The highest BCUT2D eigenvalue weighted by molar-refractivity contribution is 9.10. The molecule has 2 aromatic heterocycles. The fraction of sp³-hybridized carbons (Fsp3) is 0.500. The molecule has 2 atom stereocenters. The summed E-state index contributed by atoms with van der Waals surface area (Å²) >= 11 is 3.47. The van der Waals surface area contributed by atoms with Crippen molar-refractivity contribution >= 4 is 27.5 Å². The van der Waals surface area contributed by atoms with Gasteiger partial charge in [0.05, 0.1) is 4.47 Å². The Morgan fingerprint density at radius 1 is 1.39 bits per heavy atom. The largest absolute Gasteiger partial charge is 0.349 e. The molecule has 0 spiro atoms. The van der Waals surface area contributed by atoms with Crippen LogP contribution in [-0.4, -0.2) is 26.7 Å². The fourth-order valence-corrected chi connectivity index (χ4v) is 2.86. The third-order valence-corrected chi connectivity index (χ3v) is 4.07. The maximum atomic E-state index is 6.12. The van der Waals surface area contributed by atoms with E-state index in [1.54, 1.807) is 4.52 Å². The van der Waals surface area contributed by atoms with Crippen LogP contribution in [0.15, 0.2) is 22.8 Å². The summed E-state index contributed by atoms with van der Waals surface area (Å²) in [6, 6.07) is 4.38. The van der Waals surface area contributed by atoms with E-state index >= 15 is 0 Å². The van der Waals surface area contributed by atoms with Gasteiger partial charge in [0.15, 0.2) is 5.65 Å². The Labute approximate surface area is 114 Å². The standard InChI is InChI=1S/C12H16BrN5/c13-8-4-3-7-18-11(8)16-12(17-18)15-10-6-2-1-5-9(10)14/h3-4,7,9-10H,1-2,5-6,14H2,(H,15,17)/t9-,10-/m1/s1. The average Bonchev–Trinajstić information content (AvgIpc) is 2.76. The molecule has 1 saturated carbocycles. The number of nitrogens with two attached hydrogens (primary N) is 1. The first-order chi connectivity index (χ1) is 8.74. The number of nitrogens with one attached hydrogen (secondary N) is 1. The van der Waals surface area contributed by atoms with Gasteiger partial charge in [-0.1, -0.05) is 12.8 Å². The van der Waals surface area contributed by atoms with Crippen LogP contribution in [-0.2, 0) is 0 Å².